The van der Waals surface area contributed by atoms with Crippen molar-refractivity contribution < 1.29 is 77.7 Å². The van der Waals surface area contributed by atoms with Crippen molar-refractivity contribution in [2.24, 2.45) is 40.7 Å². The maximum atomic E-state index is 9.26. The highest BCUT2D eigenvalue weighted by Crippen LogP contribution is 2.44. The van der Waals surface area contributed by atoms with Crippen LogP contribution in [0, 0.1) is 122 Å². The molecule has 0 atom stereocenters. The SMILES string of the molecule is [2H]C([2H])([2H])c1ccccc1-c1cc(-c2cc(C([2H])([2H])C(C)(C)C)c(C([2H])([2H])[2H])c[n+]2C)c(C)cc1C([2H])([2H])[2H].[2H]C([2H])([2H])c1ccccc1-c1cc(-c2cc(C3([2H])CCCC3)c(C([2H])([2H])[2H])c[n+]2C)c(C)cc1C([2H])([2H])[2H].[2H]C([2H])([2H])c1ccccc1-c1cc(-c2cc(C3([2H])CCCCC3)c(C([2H])([2H])[2H])c[n+]2C)c(C)cc1C([2H])([2H])[2H].[2H]C([2H])([2H])c1ccccc1-c1ccc(C)c(-c2cc(-c3ccccc3)cc[n+]2C)c1.[2H]C([2H])([2H])c1ccccc1-c1ccc(C)c(-c2cc(-c3ccccc3C([2H])([2H])[2H])cc[n+]2C)c1. The van der Waals surface area contributed by atoms with Gasteiger partial charge in [-0.15, -0.1) is 0 Å². The minimum absolute atomic E-state index is 0.00698. The highest BCUT2D eigenvalue weighted by molar-refractivity contribution is 5.83. The molecule has 17 aromatic rings. The number of benzene rings is 12. The van der Waals surface area contributed by atoms with E-state index in [1.807, 2.05) is 123 Å². The first-order chi connectivity index (χ1) is 83.1. The van der Waals surface area contributed by atoms with E-state index in [-0.39, 0.29) is 66.8 Å². The van der Waals surface area contributed by atoms with E-state index in [0.717, 1.165) is 93.6 Å². The van der Waals surface area contributed by atoms with Crippen LogP contribution in [0.5, 0.6) is 0 Å². The molecule has 0 bridgehead atoms. The van der Waals surface area contributed by atoms with Crippen molar-refractivity contribution in [3.05, 3.63) is 433 Å². The standard InChI is InChI=1S/C28H34N.C27H32N.C27H26N.C27H34N.C26H24N/c1-19-11-9-10-14-24(19)26-16-27(21(3)15-20(26)2)28-17-25(22(4)18-29(28)5)23-12-7-6-8-13-23;1-18-10-6-9-13-23(18)25-15-26(20(3)14-19(25)2)27-16-24(21(4)17-28(27)5)22-11-7-8-12-22;1-19-9-5-7-11-24(19)22-14-13-21(3)26(17-22)27-18-23(15-16-28(27)4)25-12-8-6-10-20(25)2;1-18-11-9-10-12-23(18)24-15-25(20(3)13-19(24)2)26-14-22(16-27(5,6)7)21(4)17-28(26)8;1-19-9-7-8-12-24(19)23-14-13-20(2)25(17-23)26-18-22(15-16-27(26)3)21-10-5-4-6-11-21/h9-11,14-18,23H,6-8,12-13H2,1-5H3;6,9-10,13-17,22H,7-8,11-12H2,1-5H3;5-18H,1-4H3;9-15,17H,16H2,1-8H3;4-18H,1-3H3/q5*+1/i1D3,2D3,4D3,23D;1D3,2D3,4D3,22D;1D3,2D3;1D3,2D3,4D3,16D2;1D3. The lowest BCUT2D eigenvalue weighted by Crippen LogP contribution is -2.32. The molecule has 0 unspecified atom stereocenters. The molecule has 5 nitrogen and oxygen atoms in total. The Morgan fingerprint density at radius 3 is 0.893 bits per heavy atom. The smallest absolute Gasteiger partial charge is 0.201 e. The minimum atomic E-state index is -2.58. The van der Waals surface area contributed by atoms with Crippen LogP contribution in [0.2, 0.25) is 0 Å². The van der Waals surface area contributed by atoms with Gasteiger partial charge in [0, 0.05) is 142 Å². The normalized spacial score (nSPS) is 18.5. The van der Waals surface area contributed by atoms with Gasteiger partial charge in [-0.2, -0.15) is 0 Å². The fraction of sp³-hybridized carbons (Fsp3) is 0.281. The van der Waals surface area contributed by atoms with Crippen LogP contribution >= 0.6 is 0 Å². The van der Waals surface area contributed by atoms with Gasteiger partial charge in [0.2, 0.25) is 28.5 Å². The molecule has 0 radical (unpaired) electrons. The van der Waals surface area contributed by atoms with Crippen molar-refractivity contribution in [1.82, 2.24) is 0 Å². The molecule has 0 N–H and O–H groups in total. The van der Waals surface area contributed by atoms with Gasteiger partial charge >= 0.3 is 0 Å². The van der Waals surface area contributed by atoms with Gasteiger partial charge in [0.05, 0.1) is 0 Å². The molecule has 5 heterocycles. The fourth-order valence-corrected chi connectivity index (χ4v) is 18.9. The Balaban J connectivity index is 0.000000164. The summed E-state index contributed by atoms with van der Waals surface area (Å²) in [5.74, 6) is -2.05. The fourth-order valence-electron chi connectivity index (χ4n) is 18.9. The zero-order chi connectivity index (χ0) is 133. The molecule has 0 saturated heterocycles. The maximum absolute atomic E-state index is 9.26. The third-order valence-electron chi connectivity index (χ3n) is 26.5. The van der Waals surface area contributed by atoms with E-state index >= 15 is 0 Å². The summed E-state index contributed by atoms with van der Waals surface area (Å²) >= 11 is 0. The first-order valence-electron chi connectivity index (χ1n) is 67.6. The molecular formula is C135H150N5+5. The van der Waals surface area contributed by atoms with Crippen LogP contribution in [0.4, 0.5) is 0 Å². The summed E-state index contributed by atoms with van der Waals surface area (Å²) in [6, 6.07) is 85.8. The minimum Gasteiger partial charge on any atom is -0.201 e. The molecule has 2 saturated carbocycles. The van der Waals surface area contributed by atoms with Crippen molar-refractivity contribution in [3.63, 3.8) is 0 Å². The summed E-state index contributed by atoms with van der Waals surface area (Å²) in [5.41, 5.74) is 21.7. The topological polar surface area (TPSA) is 19.4 Å². The Morgan fingerprint density at radius 2 is 0.529 bits per heavy atom. The summed E-state index contributed by atoms with van der Waals surface area (Å²) < 4.78 is 336. The number of aryl methyl sites for hydroxylation is 22. The lowest BCUT2D eigenvalue weighted by atomic mass is 9.82. The molecular weight excluding hydrogens is 1690 g/mol. The summed E-state index contributed by atoms with van der Waals surface area (Å²) in [6.45, 7) is -14.4. The van der Waals surface area contributed by atoms with Crippen LogP contribution in [0.15, 0.2) is 322 Å². The van der Waals surface area contributed by atoms with Gasteiger partial charge in [0.25, 0.3) is 0 Å². The second-order valence-corrected chi connectivity index (χ2v) is 37.8. The average Bonchev–Trinajstić information content (AvgIpc) is 1.12. The van der Waals surface area contributed by atoms with Gasteiger partial charge in [-0.05, 0) is 369 Å². The second-order valence-electron chi connectivity index (χ2n) is 37.8. The summed E-state index contributed by atoms with van der Waals surface area (Å²) in [4.78, 5) is 0. The van der Waals surface area contributed by atoms with Crippen LogP contribution in [0.1, 0.15) is 256 Å². The van der Waals surface area contributed by atoms with Gasteiger partial charge in [-0.3, -0.25) is 0 Å². The quantitative estimate of drug-likeness (QED) is 0.0912. The van der Waals surface area contributed by atoms with E-state index in [2.05, 4.69) is 54.1 Å². The predicted molar refractivity (Wildman–Crippen MR) is 594 cm³/mol. The van der Waals surface area contributed by atoms with Gasteiger partial charge in [-0.25, -0.2) is 22.8 Å². The average molecular weight is 1880 g/mol. The van der Waals surface area contributed by atoms with E-state index in [9.17, 15) is 1.37 Å². The molecule has 2 aliphatic carbocycles. The molecule has 710 valence electrons. The molecule has 12 aromatic carbocycles. The number of rotatable bonds is 15. The molecule has 19 rings (SSSR count). The highest BCUT2D eigenvalue weighted by atomic mass is 14.9. The van der Waals surface area contributed by atoms with Crippen molar-refractivity contribution >= 4 is 0 Å². The van der Waals surface area contributed by atoms with Crippen molar-refractivity contribution in [3.8, 4) is 134 Å². The van der Waals surface area contributed by atoms with Crippen molar-refractivity contribution in [2.45, 2.75) is 214 Å². The van der Waals surface area contributed by atoms with E-state index < -0.39 is 106 Å². The van der Waals surface area contributed by atoms with Gasteiger partial charge < -0.3 is 0 Å². The van der Waals surface area contributed by atoms with E-state index in [4.69, 9.17) is 53.5 Å². The molecule has 0 aliphatic heterocycles. The molecule has 140 heavy (non-hydrogen) atoms. The molecule has 0 amide bonds. The molecule has 0 spiro atoms. The van der Waals surface area contributed by atoms with Crippen LogP contribution in [-0.4, -0.2) is 0 Å². The Labute approximate surface area is 896 Å². The number of hydrogen-bond acceptors (Lipinski definition) is 0. The third kappa shape index (κ3) is 23.4. The zero-order valence-electron chi connectivity index (χ0n) is 122. The van der Waals surface area contributed by atoms with Crippen LogP contribution < -0.4 is 22.8 Å². The molecule has 2 fully saturated rings. The maximum Gasteiger partial charge on any atom is 0.213 e. The van der Waals surface area contributed by atoms with Gasteiger partial charge in [-0.1, -0.05) is 271 Å². The molecule has 2 aliphatic rings. The van der Waals surface area contributed by atoms with E-state index in [1.54, 1.807) is 222 Å². The summed E-state index contributed by atoms with van der Waals surface area (Å²) in [6.07, 6.45) is 13.2. The Hall–Kier alpha value is -13.6. The number of nitrogens with zero attached hydrogens (tertiary/aromatic N) is 5. The van der Waals surface area contributed by atoms with Crippen LogP contribution in [0.3, 0.4) is 0 Å². The predicted octanol–water partition coefficient (Wildman–Crippen LogP) is 33.1. The Bertz CT molecular complexity index is 8980. The highest BCUT2D eigenvalue weighted by Gasteiger charge is 2.29. The van der Waals surface area contributed by atoms with E-state index in [1.165, 1.54) is 42.1 Å². The lowest BCUT2D eigenvalue weighted by Gasteiger charge is -2.23. The zero-order valence-corrected chi connectivity index (χ0v) is 82.2. The van der Waals surface area contributed by atoms with Crippen molar-refractivity contribution in [2.75, 3.05) is 0 Å². The van der Waals surface area contributed by atoms with Gasteiger partial charge in [0.15, 0.2) is 31.0 Å². The molecule has 5 heteroatoms. The lowest BCUT2D eigenvalue weighted by molar-refractivity contribution is -0.661. The van der Waals surface area contributed by atoms with E-state index in [0.29, 0.717) is 137 Å². The second kappa shape index (κ2) is 44.7. The van der Waals surface area contributed by atoms with Crippen molar-refractivity contribution in [1.29, 1.82) is 0 Å². The number of hydrogen-bond donors (Lipinski definition) is 0. The summed E-state index contributed by atoms with van der Waals surface area (Å²) in [5, 5.41) is 0. The van der Waals surface area contributed by atoms with Gasteiger partial charge in [0.1, 0.15) is 35.2 Å². The molecule has 5 aromatic heterocycles. The summed E-state index contributed by atoms with van der Waals surface area (Å²) in [7, 11) is 9.09. The van der Waals surface area contributed by atoms with Crippen LogP contribution in [0.25, 0.3) is 134 Å². The first kappa shape index (κ1) is 61.1. The number of pyridine rings is 5. The first-order valence-corrected chi connectivity index (χ1v) is 47.6. The van der Waals surface area contributed by atoms with Crippen LogP contribution in [-0.2, 0) is 41.6 Å². The Morgan fingerprint density at radius 1 is 0.236 bits per heavy atom. The number of aromatic nitrogens is 5. The Kier molecular flexibility index (Phi) is 19.5. The monoisotopic (exact) mass is 1880 g/mol. The largest absolute Gasteiger partial charge is 0.213 e. The third-order valence-corrected chi connectivity index (χ3v) is 26.5.